The first-order valence-corrected chi connectivity index (χ1v) is 22.3. The van der Waals surface area contributed by atoms with E-state index < -0.39 is 5.97 Å². The second-order valence-electron chi connectivity index (χ2n) is 13.4. The van der Waals surface area contributed by atoms with Gasteiger partial charge in [0, 0.05) is 77.1 Å². The van der Waals surface area contributed by atoms with Crippen LogP contribution in [0.2, 0.25) is 0 Å². The average Bonchev–Trinajstić information content (AvgIpc) is 3.31. The van der Waals surface area contributed by atoms with Gasteiger partial charge in [0.2, 0.25) is 11.8 Å². The van der Waals surface area contributed by atoms with E-state index in [9.17, 15) is 19.2 Å². The minimum Gasteiger partial charge on any atom is -0.490 e. The molecule has 0 atom stereocenters. The van der Waals surface area contributed by atoms with E-state index in [0.717, 1.165) is 74.7 Å². The molecule has 13 heteroatoms. The zero-order valence-corrected chi connectivity index (χ0v) is 39.4. The van der Waals surface area contributed by atoms with Gasteiger partial charge in [-0.1, -0.05) is 87.1 Å². The van der Waals surface area contributed by atoms with Crippen molar-refractivity contribution in [1.29, 1.82) is 0 Å². The number of hydrogen-bond acceptors (Lipinski definition) is 9. The van der Waals surface area contributed by atoms with Gasteiger partial charge in [-0.15, -0.1) is 0 Å². The van der Waals surface area contributed by atoms with Crippen LogP contribution >= 0.6 is 0 Å². The Morgan fingerprint density at radius 2 is 1.03 bits per heavy atom. The minimum atomic E-state index is -0.988. The molecule has 13 nitrogen and oxygen atoms in total. The van der Waals surface area contributed by atoms with E-state index in [1.165, 1.54) is 6.07 Å². The number of aromatic carboxylic acids is 1. The molecule has 0 radical (unpaired) electrons. The Labute approximate surface area is 382 Å². The lowest BCUT2D eigenvalue weighted by Gasteiger charge is -2.31. The number of carboxylic acids is 1. The van der Waals surface area contributed by atoms with Gasteiger partial charge in [0.25, 0.3) is 5.56 Å². The molecule has 7 rings (SSSR count). The van der Waals surface area contributed by atoms with Gasteiger partial charge < -0.3 is 35.8 Å². The summed E-state index contributed by atoms with van der Waals surface area (Å²) < 4.78 is 13.5. The first-order chi connectivity index (χ1) is 30.4. The van der Waals surface area contributed by atoms with Gasteiger partial charge in [0.15, 0.2) is 0 Å². The molecule has 4 aromatic carbocycles. The number of benzene rings is 4. The van der Waals surface area contributed by atoms with Gasteiger partial charge >= 0.3 is 5.97 Å². The first-order valence-electron chi connectivity index (χ1n) is 22.3. The zero-order chi connectivity index (χ0) is 47.5. The van der Waals surface area contributed by atoms with Gasteiger partial charge in [-0.25, -0.2) is 9.78 Å². The molecular formula is C51H76N6O7. The molecule has 0 saturated carbocycles. The van der Waals surface area contributed by atoms with E-state index in [-0.39, 0.29) is 42.6 Å². The molecule has 0 spiro atoms. The molecule has 1 aromatic heterocycles. The van der Waals surface area contributed by atoms with Crippen molar-refractivity contribution in [1.82, 2.24) is 19.4 Å². The van der Waals surface area contributed by atoms with Crippen molar-refractivity contribution < 1.29 is 29.0 Å². The topological polar surface area (TPSA) is 183 Å². The van der Waals surface area contributed by atoms with Gasteiger partial charge in [0.1, 0.15) is 29.5 Å². The number of amides is 2. The quantitative estimate of drug-likeness (QED) is 0.139. The molecule has 352 valence electrons. The summed E-state index contributed by atoms with van der Waals surface area (Å²) >= 11 is 0. The normalized spacial score (nSPS) is 12.9. The fourth-order valence-corrected chi connectivity index (χ4v) is 6.42. The van der Waals surface area contributed by atoms with Crippen LogP contribution in [0.5, 0.6) is 11.5 Å². The fraction of sp³-hybridized carbons (Fsp3) is 0.431. The third kappa shape index (κ3) is 18.2. The molecule has 2 aliphatic heterocycles. The minimum absolute atomic E-state index is 0. The molecule has 5 aromatic rings. The molecule has 2 fully saturated rings. The van der Waals surface area contributed by atoms with Crippen molar-refractivity contribution in [2.75, 3.05) is 37.6 Å². The lowest BCUT2D eigenvalue weighted by atomic mass is 10.1. The highest BCUT2D eigenvalue weighted by Crippen LogP contribution is 2.22. The smallest absolute Gasteiger partial charge is 0.337 e. The maximum atomic E-state index is 12.9. The number of rotatable bonds is 6. The van der Waals surface area contributed by atoms with E-state index in [1.807, 2.05) is 139 Å². The monoisotopic (exact) mass is 885 g/mol. The fourth-order valence-electron chi connectivity index (χ4n) is 6.42. The number of aryl methyl sites for hydroxylation is 1. The van der Waals surface area contributed by atoms with Crippen LogP contribution in [0.3, 0.4) is 0 Å². The lowest BCUT2D eigenvalue weighted by molar-refractivity contribution is -0.131. The van der Waals surface area contributed by atoms with Gasteiger partial charge in [0.05, 0.1) is 22.2 Å². The van der Waals surface area contributed by atoms with Crippen LogP contribution in [-0.2, 0) is 9.59 Å². The van der Waals surface area contributed by atoms with Crippen LogP contribution in [-0.4, -0.2) is 80.6 Å². The average molecular weight is 885 g/mol. The number of para-hydroxylation sites is 2. The van der Waals surface area contributed by atoms with Crippen LogP contribution in [0, 0.1) is 6.92 Å². The Hall–Kier alpha value is -6.37. The molecule has 0 aliphatic carbocycles. The molecular weight excluding hydrogens is 809 g/mol. The van der Waals surface area contributed by atoms with Crippen molar-refractivity contribution in [3.05, 3.63) is 119 Å². The summed E-state index contributed by atoms with van der Waals surface area (Å²) in [4.78, 5) is 54.1. The maximum Gasteiger partial charge on any atom is 0.337 e. The van der Waals surface area contributed by atoms with Gasteiger partial charge in [-0.05, 0) is 79.7 Å². The SMILES string of the molecule is C.CC.CC.CC.CC.CC(=O)N1CCC(Oc2ccc(-n3c(C)nc4ccccc4c3=O)cc2)CC1.CC(=O)N1CCC(Oc2ccc(N)cc2)CC1.Nc1ccccc1C(=O)O. The number of nitrogens with two attached hydrogens (primary N) is 2. The number of aromatic nitrogens is 2. The number of carbonyl (C=O) groups excluding carboxylic acids is 2. The molecule has 2 saturated heterocycles. The largest absolute Gasteiger partial charge is 0.490 e. The lowest BCUT2D eigenvalue weighted by Crippen LogP contribution is -2.40. The van der Waals surface area contributed by atoms with E-state index in [0.29, 0.717) is 22.4 Å². The third-order valence-corrected chi connectivity index (χ3v) is 9.49. The third-order valence-electron chi connectivity index (χ3n) is 9.49. The summed E-state index contributed by atoms with van der Waals surface area (Å²) in [5.41, 5.74) is 13.5. The number of nitrogen functional groups attached to an aromatic ring is 2. The maximum absolute atomic E-state index is 12.9. The second-order valence-corrected chi connectivity index (χ2v) is 13.4. The molecule has 0 bridgehead atoms. The highest BCUT2D eigenvalue weighted by atomic mass is 16.5. The molecule has 0 unspecified atom stereocenters. The summed E-state index contributed by atoms with van der Waals surface area (Å²) in [6.45, 7) is 24.1. The summed E-state index contributed by atoms with van der Waals surface area (Å²) in [6.07, 6.45) is 3.75. The number of hydrogen-bond donors (Lipinski definition) is 3. The summed E-state index contributed by atoms with van der Waals surface area (Å²) in [6, 6.07) is 28.7. The Morgan fingerprint density at radius 3 is 1.44 bits per heavy atom. The summed E-state index contributed by atoms with van der Waals surface area (Å²) in [5.74, 6) is 1.54. The number of likely N-dealkylation sites (tertiary alicyclic amines) is 2. The number of carboxylic acid groups (broad SMARTS) is 1. The Balaban J connectivity index is 0.000000941. The van der Waals surface area contributed by atoms with Gasteiger partial charge in [-0.2, -0.15) is 0 Å². The standard InChI is InChI=1S/C22H23N3O3.C13H18N2O2.C7H7NO2.4C2H6.CH4/c1-15-23-21-6-4-3-5-20(21)22(27)25(15)17-7-9-18(10-8-17)28-19-11-13-24(14-12-19)16(2)26;1-10(16)15-8-6-13(7-9-15)17-12-4-2-11(14)3-5-12;8-6-4-2-1-3-5(6)7(9)10;4*1-2;/h3-10,19H,11-14H2,1-2H3;2-5,13H,6-9,14H2,1H3;1-4H,8H2,(H,9,10);4*1-2H3;1H4. The molecule has 2 aliphatic rings. The molecule has 5 N–H and O–H groups in total. The number of carbonyl (C=O) groups is 3. The van der Waals surface area contributed by atoms with Crippen molar-refractivity contribution in [2.45, 2.75) is 121 Å². The number of ether oxygens (including phenoxy) is 2. The Bertz CT molecular complexity index is 2140. The van der Waals surface area contributed by atoms with Crippen LogP contribution in [0.1, 0.15) is 119 Å². The van der Waals surface area contributed by atoms with E-state index in [2.05, 4.69) is 4.98 Å². The molecule has 2 amide bonds. The van der Waals surface area contributed by atoms with Crippen LogP contribution in [0.4, 0.5) is 11.4 Å². The molecule has 3 heterocycles. The number of piperidine rings is 2. The van der Waals surface area contributed by atoms with Crippen molar-refractivity contribution in [3.8, 4) is 17.2 Å². The van der Waals surface area contributed by atoms with Crippen molar-refractivity contribution in [2.24, 2.45) is 0 Å². The van der Waals surface area contributed by atoms with Crippen LogP contribution in [0.25, 0.3) is 16.6 Å². The Morgan fingerprint density at radius 1 is 0.625 bits per heavy atom. The van der Waals surface area contributed by atoms with Crippen LogP contribution in [0.15, 0.2) is 102 Å². The molecule has 64 heavy (non-hydrogen) atoms. The predicted molar refractivity (Wildman–Crippen MR) is 265 cm³/mol. The number of anilines is 2. The highest BCUT2D eigenvalue weighted by Gasteiger charge is 2.23. The van der Waals surface area contributed by atoms with E-state index in [1.54, 1.807) is 42.7 Å². The van der Waals surface area contributed by atoms with E-state index >= 15 is 0 Å². The second kappa shape index (κ2) is 31.5. The summed E-state index contributed by atoms with van der Waals surface area (Å²) in [5, 5.41) is 9.09. The zero-order valence-electron chi connectivity index (χ0n) is 39.4. The predicted octanol–water partition coefficient (Wildman–Crippen LogP) is 10.5. The Kier molecular flexibility index (Phi) is 28.3. The van der Waals surface area contributed by atoms with Gasteiger partial charge in [-0.3, -0.25) is 19.0 Å². The van der Waals surface area contributed by atoms with Crippen molar-refractivity contribution >= 4 is 40.1 Å². The first kappa shape index (κ1) is 57.6. The van der Waals surface area contributed by atoms with Crippen molar-refractivity contribution in [3.63, 3.8) is 0 Å². The number of nitrogens with zero attached hydrogens (tertiary/aromatic N) is 4. The van der Waals surface area contributed by atoms with E-state index in [4.69, 9.17) is 26.0 Å². The summed E-state index contributed by atoms with van der Waals surface area (Å²) in [7, 11) is 0. The van der Waals surface area contributed by atoms with Crippen LogP contribution < -0.4 is 26.5 Å². The number of fused-ring (bicyclic) bond motifs is 1. The highest BCUT2D eigenvalue weighted by molar-refractivity contribution is 5.93.